The molecule has 2 amide bonds. The van der Waals surface area contributed by atoms with Crippen LogP contribution in [0.5, 0.6) is 0 Å². The molecule has 2 heterocycles. The van der Waals surface area contributed by atoms with Crippen LogP contribution in [0.1, 0.15) is 26.3 Å². The molecule has 4 rings (SSSR count). The summed E-state index contributed by atoms with van der Waals surface area (Å²) in [7, 11) is 1.97. The number of imidazole rings is 1. The average Bonchev–Trinajstić information content (AvgIpc) is 3.33. The Labute approximate surface area is 198 Å². The van der Waals surface area contributed by atoms with Gasteiger partial charge in [0.2, 0.25) is 5.91 Å². The molecule has 2 N–H and O–H groups in total. The lowest BCUT2D eigenvalue weighted by Gasteiger charge is -2.23. The first kappa shape index (κ1) is 23.4. The van der Waals surface area contributed by atoms with Crippen molar-refractivity contribution in [3.63, 3.8) is 0 Å². The maximum atomic E-state index is 13.2. The number of carbonyl (C=O) groups is 2. The number of carbonyl (C=O) groups excluding carboxylic acids is 2. The van der Waals surface area contributed by atoms with E-state index < -0.39 is 17.7 Å². The summed E-state index contributed by atoms with van der Waals surface area (Å²) < 4.78 is 9.43. The highest BCUT2D eigenvalue weighted by atomic mass is 16.6. The Morgan fingerprint density at radius 1 is 1.06 bits per heavy atom. The molecule has 0 bridgehead atoms. The van der Waals surface area contributed by atoms with E-state index in [1.165, 1.54) is 0 Å². The predicted molar refractivity (Wildman–Crippen MR) is 133 cm³/mol. The van der Waals surface area contributed by atoms with E-state index in [1.54, 1.807) is 27.1 Å². The molecular formula is C26H31N5O3. The molecule has 4 aromatic rings. The number of nitrogens with zero attached hydrogens (tertiary/aromatic N) is 3. The van der Waals surface area contributed by atoms with Crippen LogP contribution in [0, 0.1) is 0 Å². The van der Waals surface area contributed by atoms with Gasteiger partial charge in [0.25, 0.3) is 0 Å². The molecule has 0 fully saturated rings. The Hall–Kier alpha value is -3.81. The van der Waals surface area contributed by atoms with Crippen molar-refractivity contribution in [3.8, 4) is 0 Å². The quantitative estimate of drug-likeness (QED) is 0.438. The van der Waals surface area contributed by atoms with Crippen molar-refractivity contribution in [2.75, 3.05) is 6.54 Å². The molecule has 8 nitrogen and oxygen atoms in total. The lowest BCUT2D eigenvalue weighted by molar-refractivity contribution is -0.123. The number of para-hydroxylation sites is 3. The third-order valence-electron chi connectivity index (χ3n) is 5.59. The summed E-state index contributed by atoms with van der Waals surface area (Å²) in [6.45, 7) is 6.35. The van der Waals surface area contributed by atoms with E-state index in [9.17, 15) is 9.59 Å². The minimum Gasteiger partial charge on any atom is -0.444 e. The highest BCUT2D eigenvalue weighted by molar-refractivity contribution is 5.88. The van der Waals surface area contributed by atoms with Gasteiger partial charge >= 0.3 is 6.09 Å². The Morgan fingerprint density at radius 2 is 1.76 bits per heavy atom. The number of hydrogen-bond donors (Lipinski definition) is 2. The Bertz CT molecular complexity index is 1310. The predicted octanol–water partition coefficient (Wildman–Crippen LogP) is 3.78. The first-order valence-electron chi connectivity index (χ1n) is 11.4. The lowest BCUT2D eigenvalue weighted by Crippen LogP contribution is -2.49. The van der Waals surface area contributed by atoms with E-state index in [-0.39, 0.29) is 5.91 Å². The fourth-order valence-electron chi connectivity index (χ4n) is 4.08. The number of ether oxygens (including phenoxy) is 1. The van der Waals surface area contributed by atoms with Gasteiger partial charge in [-0.15, -0.1) is 0 Å². The zero-order valence-electron chi connectivity index (χ0n) is 20.0. The monoisotopic (exact) mass is 461 g/mol. The smallest absolute Gasteiger partial charge is 0.408 e. The summed E-state index contributed by atoms with van der Waals surface area (Å²) in [5.74, 6) is -0.261. The Kier molecular flexibility index (Phi) is 6.58. The Balaban J connectivity index is 1.48. The van der Waals surface area contributed by atoms with Crippen LogP contribution < -0.4 is 10.6 Å². The average molecular weight is 462 g/mol. The maximum absolute atomic E-state index is 13.2. The maximum Gasteiger partial charge on any atom is 0.408 e. The van der Waals surface area contributed by atoms with E-state index in [0.29, 0.717) is 19.5 Å². The standard InChI is InChI=1S/C26H31N5O3/c1-26(2,3)34-25(33)29-21(15-18-16-30(4)22-11-7-5-9-19(18)22)24(32)27-13-14-31-17-28-20-10-6-8-12-23(20)31/h5-12,16-17,21H,13-15H2,1-4H3,(H,27,32)(H,29,33). The number of benzene rings is 2. The molecule has 0 aliphatic rings. The molecule has 0 spiro atoms. The molecule has 0 aliphatic carbocycles. The molecule has 0 saturated heterocycles. The molecule has 0 saturated carbocycles. The van der Waals surface area contributed by atoms with Crippen molar-refractivity contribution in [2.45, 2.75) is 45.4 Å². The van der Waals surface area contributed by atoms with Crippen LogP contribution in [0.25, 0.3) is 21.9 Å². The fourth-order valence-corrected chi connectivity index (χ4v) is 4.08. The van der Waals surface area contributed by atoms with Gasteiger partial charge in [0.15, 0.2) is 0 Å². The highest BCUT2D eigenvalue weighted by Crippen LogP contribution is 2.22. The van der Waals surface area contributed by atoms with Crippen LogP contribution in [0.3, 0.4) is 0 Å². The second-order valence-corrected chi connectivity index (χ2v) is 9.40. The summed E-state index contributed by atoms with van der Waals surface area (Å²) >= 11 is 0. The normalized spacial score (nSPS) is 12.6. The van der Waals surface area contributed by atoms with Gasteiger partial charge in [-0.3, -0.25) is 4.79 Å². The van der Waals surface area contributed by atoms with Crippen LogP contribution in [0.15, 0.2) is 61.1 Å². The van der Waals surface area contributed by atoms with Crippen molar-refractivity contribution in [2.24, 2.45) is 7.05 Å². The van der Waals surface area contributed by atoms with Gasteiger partial charge < -0.3 is 24.5 Å². The molecule has 34 heavy (non-hydrogen) atoms. The second kappa shape index (κ2) is 9.59. The molecule has 178 valence electrons. The van der Waals surface area contributed by atoms with Crippen molar-refractivity contribution >= 4 is 33.9 Å². The van der Waals surface area contributed by atoms with Crippen molar-refractivity contribution in [1.82, 2.24) is 24.8 Å². The largest absolute Gasteiger partial charge is 0.444 e. The molecule has 0 radical (unpaired) electrons. The Morgan fingerprint density at radius 3 is 2.53 bits per heavy atom. The van der Waals surface area contributed by atoms with Crippen molar-refractivity contribution < 1.29 is 14.3 Å². The lowest BCUT2D eigenvalue weighted by atomic mass is 10.0. The molecular weight excluding hydrogens is 430 g/mol. The van der Waals surface area contributed by atoms with E-state index >= 15 is 0 Å². The van der Waals surface area contributed by atoms with Gasteiger partial charge in [-0.1, -0.05) is 30.3 Å². The minimum absolute atomic E-state index is 0.261. The van der Waals surface area contributed by atoms with E-state index in [1.807, 2.05) is 70.9 Å². The first-order chi connectivity index (χ1) is 16.2. The third-order valence-corrected chi connectivity index (χ3v) is 5.59. The van der Waals surface area contributed by atoms with Gasteiger partial charge in [-0.25, -0.2) is 9.78 Å². The van der Waals surface area contributed by atoms with E-state index in [0.717, 1.165) is 27.5 Å². The number of rotatable bonds is 7. The van der Waals surface area contributed by atoms with Gasteiger partial charge in [0.05, 0.1) is 17.4 Å². The SMILES string of the molecule is Cn1cc(CC(NC(=O)OC(C)(C)C)C(=O)NCCn2cnc3ccccc32)c2ccccc21. The van der Waals surface area contributed by atoms with Crippen LogP contribution in [0.2, 0.25) is 0 Å². The molecule has 2 aromatic heterocycles. The van der Waals surface area contributed by atoms with Gasteiger partial charge in [0, 0.05) is 43.7 Å². The fraction of sp³-hybridized carbons (Fsp3) is 0.346. The van der Waals surface area contributed by atoms with Crippen molar-refractivity contribution in [1.29, 1.82) is 0 Å². The van der Waals surface area contributed by atoms with Crippen LogP contribution >= 0.6 is 0 Å². The number of aromatic nitrogens is 3. The van der Waals surface area contributed by atoms with Gasteiger partial charge in [-0.2, -0.15) is 0 Å². The number of nitrogens with one attached hydrogen (secondary N) is 2. The summed E-state index contributed by atoms with van der Waals surface area (Å²) in [6, 6.07) is 15.1. The molecule has 8 heteroatoms. The summed E-state index contributed by atoms with van der Waals surface area (Å²) in [5.41, 5.74) is 3.31. The topological polar surface area (TPSA) is 90.2 Å². The molecule has 0 aliphatic heterocycles. The third kappa shape index (κ3) is 5.39. The summed E-state index contributed by atoms with van der Waals surface area (Å²) in [5, 5.41) is 6.79. The number of aryl methyl sites for hydroxylation is 1. The van der Waals surface area contributed by atoms with E-state index in [2.05, 4.69) is 15.6 Å². The summed E-state index contributed by atoms with van der Waals surface area (Å²) in [4.78, 5) is 30.1. The zero-order valence-corrected chi connectivity index (χ0v) is 20.0. The number of amides is 2. The van der Waals surface area contributed by atoms with Crippen LogP contribution in [-0.4, -0.2) is 44.3 Å². The number of hydrogen-bond acceptors (Lipinski definition) is 4. The van der Waals surface area contributed by atoms with Gasteiger partial charge in [0.1, 0.15) is 11.6 Å². The van der Waals surface area contributed by atoms with Crippen molar-refractivity contribution in [3.05, 3.63) is 66.6 Å². The van der Waals surface area contributed by atoms with Crippen LogP contribution in [-0.2, 0) is 29.5 Å². The first-order valence-corrected chi connectivity index (χ1v) is 11.4. The summed E-state index contributed by atoms with van der Waals surface area (Å²) in [6.07, 6.45) is 3.50. The molecule has 1 unspecified atom stereocenters. The van der Waals surface area contributed by atoms with Crippen LogP contribution in [0.4, 0.5) is 4.79 Å². The number of fused-ring (bicyclic) bond motifs is 2. The zero-order chi connectivity index (χ0) is 24.3. The molecule has 1 atom stereocenters. The number of alkyl carbamates (subject to hydrolysis) is 1. The minimum atomic E-state index is -0.778. The van der Waals surface area contributed by atoms with Gasteiger partial charge in [-0.05, 0) is 44.5 Å². The highest BCUT2D eigenvalue weighted by Gasteiger charge is 2.25. The van der Waals surface area contributed by atoms with E-state index in [4.69, 9.17) is 4.74 Å². The molecule has 2 aromatic carbocycles. The second-order valence-electron chi connectivity index (χ2n) is 9.40.